The van der Waals surface area contributed by atoms with Gasteiger partial charge in [0.25, 0.3) is 0 Å². The van der Waals surface area contributed by atoms with Gasteiger partial charge < -0.3 is 15.2 Å². The van der Waals surface area contributed by atoms with Crippen LogP contribution in [0.25, 0.3) is 22.2 Å². The largest absolute Gasteiger partial charge is 0.493 e. The second kappa shape index (κ2) is 6.24. The number of nitrogens with zero attached hydrogens (tertiary/aromatic N) is 3. The Morgan fingerprint density at radius 2 is 1.83 bits per heavy atom. The molecule has 2 N–H and O–H groups in total. The zero-order valence-electron chi connectivity index (χ0n) is 13.8. The van der Waals surface area contributed by atoms with E-state index in [4.69, 9.17) is 15.2 Å². The molecule has 6 nitrogen and oxygen atoms in total. The van der Waals surface area contributed by atoms with Gasteiger partial charge in [0.05, 0.1) is 24.1 Å². The predicted octanol–water partition coefficient (Wildman–Crippen LogP) is 3.67. The minimum Gasteiger partial charge on any atom is -0.493 e. The van der Waals surface area contributed by atoms with Crippen molar-refractivity contribution in [1.82, 2.24) is 15.0 Å². The Labute approximate surface area is 148 Å². The molecule has 2 heterocycles. The van der Waals surface area contributed by atoms with E-state index >= 15 is 0 Å². The SMILES string of the molecule is COc1cc(-c2c(C)c(C)nc3ncnc(N)c23)cc(Br)c1OC. The smallest absolute Gasteiger partial charge is 0.174 e. The Kier molecular flexibility index (Phi) is 4.28. The quantitative estimate of drug-likeness (QED) is 0.736. The van der Waals surface area contributed by atoms with Gasteiger partial charge in [-0.1, -0.05) is 0 Å². The molecule has 0 aliphatic rings. The summed E-state index contributed by atoms with van der Waals surface area (Å²) in [5.41, 5.74) is 10.5. The second-order valence-corrected chi connectivity index (χ2v) is 6.20. The van der Waals surface area contributed by atoms with Crippen LogP contribution in [0.4, 0.5) is 5.82 Å². The lowest BCUT2D eigenvalue weighted by Crippen LogP contribution is -2.02. The monoisotopic (exact) mass is 388 g/mol. The summed E-state index contributed by atoms with van der Waals surface area (Å²) in [6.07, 6.45) is 1.42. The van der Waals surface area contributed by atoms with Crippen LogP contribution < -0.4 is 15.2 Å². The van der Waals surface area contributed by atoms with Crippen molar-refractivity contribution in [3.8, 4) is 22.6 Å². The standard InChI is InChI=1S/C17H17BrN4O2/c1-8-9(2)22-17-14(16(19)20-7-21-17)13(8)10-5-11(18)15(24-4)12(6-10)23-3/h5-7H,1-4H3,(H2,19,20,21,22). The minimum atomic E-state index is 0.400. The summed E-state index contributed by atoms with van der Waals surface area (Å²) in [6, 6.07) is 3.88. The van der Waals surface area contributed by atoms with Crippen LogP contribution in [0.1, 0.15) is 11.3 Å². The summed E-state index contributed by atoms with van der Waals surface area (Å²) in [7, 11) is 3.21. The molecule has 0 radical (unpaired) electrons. The average molecular weight is 389 g/mol. The number of methoxy groups -OCH3 is 2. The molecular weight excluding hydrogens is 372 g/mol. The molecule has 3 aromatic rings. The Hall–Kier alpha value is -2.41. The number of ether oxygens (including phenoxy) is 2. The summed E-state index contributed by atoms with van der Waals surface area (Å²) >= 11 is 3.54. The molecule has 0 amide bonds. The van der Waals surface area contributed by atoms with Crippen LogP contribution in [0.2, 0.25) is 0 Å². The van der Waals surface area contributed by atoms with Crippen molar-refractivity contribution in [2.45, 2.75) is 13.8 Å². The van der Waals surface area contributed by atoms with Gasteiger partial charge >= 0.3 is 0 Å². The van der Waals surface area contributed by atoms with E-state index in [0.29, 0.717) is 23.0 Å². The van der Waals surface area contributed by atoms with E-state index in [9.17, 15) is 0 Å². The lowest BCUT2D eigenvalue weighted by Gasteiger charge is -2.16. The van der Waals surface area contributed by atoms with Gasteiger partial charge in [0.15, 0.2) is 17.1 Å². The van der Waals surface area contributed by atoms with E-state index in [2.05, 4.69) is 30.9 Å². The fourth-order valence-electron chi connectivity index (χ4n) is 2.75. The van der Waals surface area contributed by atoms with Crippen molar-refractivity contribution in [3.63, 3.8) is 0 Å². The molecule has 3 rings (SSSR count). The third-order valence-electron chi connectivity index (χ3n) is 4.02. The number of halogens is 1. The third kappa shape index (κ3) is 2.54. The van der Waals surface area contributed by atoms with Crippen molar-refractivity contribution >= 4 is 32.8 Å². The Bertz CT molecular complexity index is 944. The van der Waals surface area contributed by atoms with Crippen molar-refractivity contribution in [3.05, 3.63) is 34.2 Å². The van der Waals surface area contributed by atoms with E-state index in [1.165, 1.54) is 6.33 Å². The highest BCUT2D eigenvalue weighted by atomic mass is 79.9. The van der Waals surface area contributed by atoms with E-state index in [0.717, 1.165) is 32.2 Å². The first-order valence-corrected chi connectivity index (χ1v) is 8.06. The molecule has 0 aliphatic heterocycles. The molecular formula is C17H17BrN4O2. The Balaban J connectivity index is 2.42. The normalized spacial score (nSPS) is 10.9. The molecule has 0 bridgehead atoms. The van der Waals surface area contributed by atoms with E-state index in [-0.39, 0.29) is 0 Å². The van der Waals surface area contributed by atoms with Crippen LogP contribution in [0.15, 0.2) is 22.9 Å². The maximum absolute atomic E-state index is 6.12. The highest BCUT2D eigenvalue weighted by Crippen LogP contribution is 2.42. The number of aromatic nitrogens is 3. The highest BCUT2D eigenvalue weighted by Gasteiger charge is 2.18. The summed E-state index contributed by atoms with van der Waals surface area (Å²) < 4.78 is 11.6. The fourth-order valence-corrected chi connectivity index (χ4v) is 3.35. The Morgan fingerprint density at radius 1 is 1.08 bits per heavy atom. The van der Waals surface area contributed by atoms with E-state index < -0.39 is 0 Å². The third-order valence-corrected chi connectivity index (χ3v) is 4.61. The number of fused-ring (bicyclic) bond motifs is 1. The summed E-state index contributed by atoms with van der Waals surface area (Å²) in [4.78, 5) is 12.9. The van der Waals surface area contributed by atoms with Crippen LogP contribution in [0.3, 0.4) is 0 Å². The number of nitrogen functional groups attached to an aromatic ring is 1. The van der Waals surface area contributed by atoms with Gasteiger partial charge in [-0.05, 0) is 53.0 Å². The average Bonchev–Trinajstić information content (AvgIpc) is 2.56. The Morgan fingerprint density at radius 3 is 2.50 bits per heavy atom. The maximum Gasteiger partial charge on any atom is 0.174 e. The first kappa shape index (κ1) is 16.4. The van der Waals surface area contributed by atoms with Crippen LogP contribution in [0.5, 0.6) is 11.5 Å². The number of hydrogen-bond acceptors (Lipinski definition) is 6. The molecule has 7 heteroatoms. The number of benzene rings is 1. The number of pyridine rings is 1. The molecule has 0 saturated carbocycles. The van der Waals surface area contributed by atoms with Crippen molar-refractivity contribution in [1.29, 1.82) is 0 Å². The van der Waals surface area contributed by atoms with Crippen LogP contribution in [-0.4, -0.2) is 29.2 Å². The van der Waals surface area contributed by atoms with Crippen LogP contribution in [0, 0.1) is 13.8 Å². The van der Waals surface area contributed by atoms with E-state index in [1.807, 2.05) is 26.0 Å². The van der Waals surface area contributed by atoms with Crippen molar-refractivity contribution in [2.24, 2.45) is 0 Å². The molecule has 2 aromatic heterocycles. The van der Waals surface area contributed by atoms with Crippen molar-refractivity contribution in [2.75, 3.05) is 20.0 Å². The zero-order valence-corrected chi connectivity index (χ0v) is 15.4. The number of aryl methyl sites for hydroxylation is 1. The molecule has 1 aromatic carbocycles. The molecule has 0 spiro atoms. The van der Waals surface area contributed by atoms with Crippen LogP contribution in [-0.2, 0) is 0 Å². The van der Waals surface area contributed by atoms with Gasteiger partial charge in [0.1, 0.15) is 12.1 Å². The number of hydrogen-bond donors (Lipinski definition) is 1. The summed E-state index contributed by atoms with van der Waals surface area (Å²) in [6.45, 7) is 3.96. The molecule has 0 fully saturated rings. The molecule has 0 aliphatic carbocycles. The summed E-state index contributed by atoms with van der Waals surface area (Å²) in [5, 5.41) is 0.736. The molecule has 124 valence electrons. The molecule has 24 heavy (non-hydrogen) atoms. The lowest BCUT2D eigenvalue weighted by atomic mass is 9.96. The fraction of sp³-hybridized carbons (Fsp3) is 0.235. The highest BCUT2D eigenvalue weighted by molar-refractivity contribution is 9.10. The maximum atomic E-state index is 6.12. The first-order valence-electron chi connectivity index (χ1n) is 7.27. The van der Waals surface area contributed by atoms with Gasteiger partial charge in [-0.3, -0.25) is 0 Å². The van der Waals surface area contributed by atoms with E-state index in [1.54, 1.807) is 14.2 Å². The number of nitrogens with two attached hydrogens (primary N) is 1. The van der Waals surface area contributed by atoms with Gasteiger partial charge in [-0.2, -0.15) is 0 Å². The second-order valence-electron chi connectivity index (χ2n) is 5.35. The van der Waals surface area contributed by atoms with Crippen molar-refractivity contribution < 1.29 is 9.47 Å². The lowest BCUT2D eigenvalue weighted by molar-refractivity contribution is 0.353. The minimum absolute atomic E-state index is 0.400. The molecule has 0 unspecified atom stereocenters. The van der Waals surface area contributed by atoms with Gasteiger partial charge in [-0.25, -0.2) is 15.0 Å². The van der Waals surface area contributed by atoms with Gasteiger partial charge in [0, 0.05) is 11.3 Å². The number of anilines is 1. The zero-order chi connectivity index (χ0) is 17.4. The topological polar surface area (TPSA) is 83.2 Å². The first-order chi connectivity index (χ1) is 11.5. The molecule has 0 saturated heterocycles. The summed E-state index contributed by atoms with van der Waals surface area (Å²) in [5.74, 6) is 1.66. The molecule has 0 atom stereocenters. The number of rotatable bonds is 3. The van der Waals surface area contributed by atoms with Gasteiger partial charge in [-0.15, -0.1) is 0 Å². The predicted molar refractivity (Wildman–Crippen MR) is 97.5 cm³/mol. The van der Waals surface area contributed by atoms with Gasteiger partial charge in [0.2, 0.25) is 0 Å². The van der Waals surface area contributed by atoms with Crippen LogP contribution >= 0.6 is 15.9 Å².